The molecule has 1 aromatic heterocycles. The molecule has 0 aliphatic rings. The highest BCUT2D eigenvalue weighted by atomic mass is 16.5. The van der Waals surface area contributed by atoms with E-state index < -0.39 is 0 Å². The predicted octanol–water partition coefficient (Wildman–Crippen LogP) is 3.86. The molecular formula is C22H25N3O2. The third-order valence-corrected chi connectivity index (χ3v) is 4.65. The molecule has 1 N–H and O–H groups in total. The van der Waals surface area contributed by atoms with Crippen LogP contribution in [-0.2, 0) is 6.42 Å². The Balaban J connectivity index is 1.72. The van der Waals surface area contributed by atoms with E-state index in [1.165, 1.54) is 0 Å². The molecule has 5 heteroatoms. The summed E-state index contributed by atoms with van der Waals surface area (Å²) in [6.07, 6.45) is 2.36. The number of rotatable bonds is 6. The number of methoxy groups -OCH3 is 1. The van der Waals surface area contributed by atoms with Crippen LogP contribution in [0.1, 0.15) is 34.1 Å². The summed E-state index contributed by atoms with van der Waals surface area (Å²) < 4.78 is 7.08. The van der Waals surface area contributed by atoms with Crippen LogP contribution in [0, 0.1) is 13.8 Å². The first-order valence-corrected chi connectivity index (χ1v) is 9.04. The van der Waals surface area contributed by atoms with Crippen molar-refractivity contribution in [3.05, 3.63) is 77.1 Å². The molecule has 0 saturated heterocycles. The van der Waals surface area contributed by atoms with E-state index >= 15 is 0 Å². The molecule has 0 bridgehead atoms. The molecule has 3 rings (SSSR count). The molecule has 0 spiro atoms. The van der Waals surface area contributed by atoms with Gasteiger partial charge in [0.05, 0.1) is 30.3 Å². The Labute approximate surface area is 160 Å². The maximum absolute atomic E-state index is 12.7. The van der Waals surface area contributed by atoms with Crippen LogP contribution in [0.4, 0.5) is 0 Å². The number of aromatic nitrogens is 2. The lowest BCUT2D eigenvalue weighted by Crippen LogP contribution is -2.34. The topological polar surface area (TPSA) is 56.1 Å². The van der Waals surface area contributed by atoms with Gasteiger partial charge in [-0.2, -0.15) is 5.10 Å². The van der Waals surface area contributed by atoms with Crippen LogP contribution in [0.25, 0.3) is 5.69 Å². The van der Waals surface area contributed by atoms with Gasteiger partial charge < -0.3 is 10.1 Å². The number of hydrogen-bond acceptors (Lipinski definition) is 3. The van der Waals surface area contributed by atoms with Crippen molar-refractivity contribution in [2.45, 2.75) is 33.2 Å². The third kappa shape index (κ3) is 4.19. The minimum atomic E-state index is -0.109. The molecular weight excluding hydrogens is 338 g/mol. The molecule has 1 amide bonds. The van der Waals surface area contributed by atoms with Crippen molar-refractivity contribution in [1.29, 1.82) is 0 Å². The van der Waals surface area contributed by atoms with Gasteiger partial charge >= 0.3 is 0 Å². The van der Waals surface area contributed by atoms with Crippen LogP contribution in [0.2, 0.25) is 0 Å². The monoisotopic (exact) mass is 363 g/mol. The largest absolute Gasteiger partial charge is 0.497 e. The van der Waals surface area contributed by atoms with E-state index in [-0.39, 0.29) is 11.9 Å². The zero-order valence-electron chi connectivity index (χ0n) is 16.2. The van der Waals surface area contributed by atoms with Crippen LogP contribution in [0.15, 0.2) is 54.7 Å². The molecule has 1 heterocycles. The summed E-state index contributed by atoms with van der Waals surface area (Å²) in [7, 11) is 1.65. The Kier molecular flexibility index (Phi) is 5.60. The highest BCUT2D eigenvalue weighted by Gasteiger charge is 2.17. The number of hydrogen-bond donors (Lipinski definition) is 1. The van der Waals surface area contributed by atoms with Crippen molar-refractivity contribution in [2.75, 3.05) is 7.11 Å². The standard InChI is InChI=1S/C22H25N3O2/c1-15-8-5-6-11-21(15)25-17(3)20(14-23-25)22(26)24-16(2)12-18-9-7-10-19(13-18)27-4/h5-11,13-14,16H,12H2,1-4H3,(H,24,26). The normalized spacial score (nSPS) is 11.9. The molecule has 3 aromatic rings. The van der Waals surface area contributed by atoms with Gasteiger partial charge in [-0.05, 0) is 56.5 Å². The van der Waals surface area contributed by atoms with Crippen LogP contribution in [0.3, 0.4) is 0 Å². The second-order valence-electron chi connectivity index (χ2n) is 6.77. The van der Waals surface area contributed by atoms with Gasteiger partial charge in [0.25, 0.3) is 5.91 Å². The first-order valence-electron chi connectivity index (χ1n) is 9.04. The zero-order valence-corrected chi connectivity index (χ0v) is 16.2. The van der Waals surface area contributed by atoms with E-state index in [1.807, 2.05) is 74.0 Å². The van der Waals surface area contributed by atoms with E-state index in [2.05, 4.69) is 10.4 Å². The second-order valence-corrected chi connectivity index (χ2v) is 6.77. The Morgan fingerprint density at radius 1 is 1.19 bits per heavy atom. The Bertz CT molecular complexity index is 946. The van der Waals surface area contributed by atoms with Crippen molar-refractivity contribution < 1.29 is 9.53 Å². The summed E-state index contributed by atoms with van der Waals surface area (Å²) >= 11 is 0. The van der Waals surface area contributed by atoms with Gasteiger partial charge in [-0.3, -0.25) is 4.79 Å². The van der Waals surface area contributed by atoms with E-state index in [0.29, 0.717) is 5.56 Å². The summed E-state index contributed by atoms with van der Waals surface area (Å²) in [5.41, 5.74) is 4.64. The maximum atomic E-state index is 12.7. The number of carbonyl (C=O) groups is 1. The molecule has 140 valence electrons. The SMILES string of the molecule is COc1cccc(CC(C)NC(=O)c2cnn(-c3ccccc3C)c2C)c1. The highest BCUT2D eigenvalue weighted by Crippen LogP contribution is 2.18. The predicted molar refractivity (Wildman–Crippen MR) is 107 cm³/mol. The summed E-state index contributed by atoms with van der Waals surface area (Å²) in [4.78, 5) is 12.7. The molecule has 1 unspecified atom stereocenters. The number of ether oxygens (including phenoxy) is 1. The van der Waals surface area contributed by atoms with E-state index in [0.717, 1.165) is 34.7 Å². The lowest BCUT2D eigenvalue weighted by atomic mass is 10.1. The van der Waals surface area contributed by atoms with Gasteiger partial charge in [0, 0.05) is 6.04 Å². The molecule has 5 nitrogen and oxygen atoms in total. The second kappa shape index (κ2) is 8.08. The van der Waals surface area contributed by atoms with E-state index in [4.69, 9.17) is 4.74 Å². The first-order chi connectivity index (χ1) is 13.0. The molecule has 0 aliphatic heterocycles. The summed E-state index contributed by atoms with van der Waals surface area (Å²) in [6.45, 7) is 5.95. The van der Waals surface area contributed by atoms with Crippen molar-refractivity contribution in [3.8, 4) is 11.4 Å². The number of carbonyl (C=O) groups excluding carboxylic acids is 1. The fraction of sp³-hybridized carbons (Fsp3) is 0.273. The van der Waals surface area contributed by atoms with Crippen molar-refractivity contribution >= 4 is 5.91 Å². The maximum Gasteiger partial charge on any atom is 0.254 e. The first kappa shape index (κ1) is 18.7. The van der Waals surface area contributed by atoms with E-state index in [1.54, 1.807) is 13.3 Å². The Hall–Kier alpha value is -3.08. The zero-order chi connectivity index (χ0) is 19.4. The molecule has 1 atom stereocenters. The van der Waals surface area contributed by atoms with Crippen LogP contribution in [-0.4, -0.2) is 28.8 Å². The summed E-state index contributed by atoms with van der Waals surface area (Å²) in [6, 6.07) is 15.9. The van der Waals surface area contributed by atoms with Crippen molar-refractivity contribution in [2.24, 2.45) is 0 Å². The van der Waals surface area contributed by atoms with Gasteiger partial charge in [-0.25, -0.2) is 4.68 Å². The molecule has 0 aliphatic carbocycles. The average molecular weight is 363 g/mol. The third-order valence-electron chi connectivity index (χ3n) is 4.65. The molecule has 0 saturated carbocycles. The Morgan fingerprint density at radius 2 is 1.96 bits per heavy atom. The number of aryl methyl sites for hydroxylation is 1. The number of nitrogens with zero attached hydrogens (tertiary/aromatic N) is 2. The minimum absolute atomic E-state index is 0.00850. The van der Waals surface area contributed by atoms with Gasteiger partial charge in [0.2, 0.25) is 0 Å². The van der Waals surface area contributed by atoms with Gasteiger partial charge in [-0.1, -0.05) is 30.3 Å². The summed E-state index contributed by atoms with van der Waals surface area (Å²) in [5.74, 6) is 0.712. The van der Waals surface area contributed by atoms with Crippen molar-refractivity contribution in [1.82, 2.24) is 15.1 Å². The number of amides is 1. The number of para-hydroxylation sites is 1. The van der Waals surface area contributed by atoms with E-state index in [9.17, 15) is 4.79 Å². The Morgan fingerprint density at radius 3 is 2.70 bits per heavy atom. The van der Waals surface area contributed by atoms with Crippen LogP contribution in [0.5, 0.6) is 5.75 Å². The molecule has 0 radical (unpaired) electrons. The van der Waals surface area contributed by atoms with Gasteiger partial charge in [0.15, 0.2) is 0 Å². The fourth-order valence-corrected chi connectivity index (χ4v) is 3.18. The lowest BCUT2D eigenvalue weighted by molar-refractivity contribution is 0.0939. The average Bonchev–Trinajstić information content (AvgIpc) is 3.03. The molecule has 0 fully saturated rings. The number of benzene rings is 2. The molecule has 2 aromatic carbocycles. The summed E-state index contributed by atoms with van der Waals surface area (Å²) in [5, 5.41) is 7.49. The number of nitrogens with one attached hydrogen (secondary N) is 1. The quantitative estimate of drug-likeness (QED) is 0.723. The van der Waals surface area contributed by atoms with Crippen molar-refractivity contribution in [3.63, 3.8) is 0 Å². The van der Waals surface area contributed by atoms with Gasteiger partial charge in [0.1, 0.15) is 5.75 Å². The smallest absolute Gasteiger partial charge is 0.254 e. The lowest BCUT2D eigenvalue weighted by Gasteiger charge is -2.14. The minimum Gasteiger partial charge on any atom is -0.497 e. The molecule has 27 heavy (non-hydrogen) atoms. The fourth-order valence-electron chi connectivity index (χ4n) is 3.18. The van der Waals surface area contributed by atoms with Crippen LogP contribution < -0.4 is 10.1 Å². The van der Waals surface area contributed by atoms with Crippen LogP contribution >= 0.6 is 0 Å². The van der Waals surface area contributed by atoms with Gasteiger partial charge in [-0.15, -0.1) is 0 Å². The highest BCUT2D eigenvalue weighted by molar-refractivity contribution is 5.95.